The van der Waals surface area contributed by atoms with Crippen LogP contribution in [0.25, 0.3) is 0 Å². The van der Waals surface area contributed by atoms with Crippen molar-refractivity contribution < 1.29 is 0 Å². The Hall–Kier alpha value is -0.490. The summed E-state index contributed by atoms with van der Waals surface area (Å²) in [5.41, 5.74) is 4.21. The molecule has 1 aromatic rings. The largest absolute Gasteiger partial charge is 0.126 e. The number of halogens is 1. The fourth-order valence-corrected chi connectivity index (χ4v) is 2.62. The SMILES string of the molecule is Cc1ccc(C(CCl)C2CC2)c(C)c1. The topological polar surface area (TPSA) is 0 Å². The molecule has 1 aliphatic rings. The zero-order valence-corrected chi connectivity index (χ0v) is 9.64. The van der Waals surface area contributed by atoms with Crippen molar-refractivity contribution in [3.63, 3.8) is 0 Å². The maximum atomic E-state index is 6.05. The molecule has 0 spiro atoms. The highest BCUT2D eigenvalue weighted by atomic mass is 35.5. The summed E-state index contributed by atoms with van der Waals surface area (Å²) >= 11 is 6.05. The van der Waals surface area contributed by atoms with E-state index in [1.807, 2.05) is 0 Å². The lowest BCUT2D eigenvalue weighted by Crippen LogP contribution is -2.05. The minimum atomic E-state index is 0.595. The molecule has 1 aliphatic carbocycles. The summed E-state index contributed by atoms with van der Waals surface area (Å²) in [6, 6.07) is 6.72. The quantitative estimate of drug-likeness (QED) is 0.658. The Morgan fingerprint density at radius 1 is 1.36 bits per heavy atom. The van der Waals surface area contributed by atoms with Gasteiger partial charge in [0.15, 0.2) is 0 Å². The van der Waals surface area contributed by atoms with Crippen LogP contribution in [-0.2, 0) is 0 Å². The second-order valence-corrected chi connectivity index (χ2v) is 4.77. The van der Waals surface area contributed by atoms with E-state index in [0.29, 0.717) is 5.92 Å². The van der Waals surface area contributed by atoms with E-state index >= 15 is 0 Å². The Bertz CT molecular complexity index is 326. The molecule has 1 fully saturated rings. The fraction of sp³-hybridized carbons (Fsp3) is 0.538. The van der Waals surface area contributed by atoms with Crippen LogP contribution in [0, 0.1) is 19.8 Å². The second-order valence-electron chi connectivity index (χ2n) is 4.46. The first-order valence-corrected chi connectivity index (χ1v) is 5.89. The maximum Gasteiger partial charge on any atom is 0.0295 e. The first kappa shape index (κ1) is 10.0. The summed E-state index contributed by atoms with van der Waals surface area (Å²) in [6.45, 7) is 4.34. The summed E-state index contributed by atoms with van der Waals surface area (Å²) in [4.78, 5) is 0. The maximum absolute atomic E-state index is 6.05. The molecule has 0 radical (unpaired) electrons. The fourth-order valence-electron chi connectivity index (χ4n) is 2.20. The Kier molecular flexibility index (Phi) is 2.83. The van der Waals surface area contributed by atoms with Crippen LogP contribution in [0.4, 0.5) is 0 Å². The van der Waals surface area contributed by atoms with Crippen LogP contribution < -0.4 is 0 Å². The molecule has 1 unspecified atom stereocenters. The molecular weight excluding hydrogens is 192 g/mol. The van der Waals surface area contributed by atoms with Crippen molar-refractivity contribution in [1.82, 2.24) is 0 Å². The van der Waals surface area contributed by atoms with Crippen molar-refractivity contribution in [3.8, 4) is 0 Å². The van der Waals surface area contributed by atoms with E-state index in [1.54, 1.807) is 0 Å². The Morgan fingerprint density at radius 2 is 2.07 bits per heavy atom. The van der Waals surface area contributed by atoms with Crippen molar-refractivity contribution in [3.05, 3.63) is 34.9 Å². The van der Waals surface area contributed by atoms with Crippen molar-refractivity contribution in [2.75, 3.05) is 5.88 Å². The average Bonchev–Trinajstić information content (AvgIpc) is 2.93. The third kappa shape index (κ3) is 1.95. The van der Waals surface area contributed by atoms with Crippen LogP contribution >= 0.6 is 11.6 Å². The highest BCUT2D eigenvalue weighted by Crippen LogP contribution is 2.44. The van der Waals surface area contributed by atoms with Gasteiger partial charge >= 0.3 is 0 Å². The van der Waals surface area contributed by atoms with Crippen LogP contribution in [0.2, 0.25) is 0 Å². The van der Waals surface area contributed by atoms with E-state index in [-0.39, 0.29) is 0 Å². The highest BCUT2D eigenvalue weighted by Gasteiger charge is 2.32. The van der Waals surface area contributed by atoms with Gasteiger partial charge < -0.3 is 0 Å². The molecule has 2 rings (SSSR count). The van der Waals surface area contributed by atoms with Crippen LogP contribution in [-0.4, -0.2) is 5.88 Å². The van der Waals surface area contributed by atoms with Crippen molar-refractivity contribution in [2.45, 2.75) is 32.6 Å². The smallest absolute Gasteiger partial charge is 0.0295 e. The molecule has 0 nitrogen and oxygen atoms in total. The lowest BCUT2D eigenvalue weighted by molar-refractivity contribution is 0.666. The Labute approximate surface area is 91.3 Å². The average molecular weight is 209 g/mol. The summed E-state index contributed by atoms with van der Waals surface area (Å²) in [6.07, 6.45) is 2.73. The summed E-state index contributed by atoms with van der Waals surface area (Å²) in [5, 5.41) is 0. The van der Waals surface area contributed by atoms with E-state index in [4.69, 9.17) is 11.6 Å². The minimum absolute atomic E-state index is 0.595. The molecule has 0 aromatic heterocycles. The number of alkyl halides is 1. The van der Waals surface area contributed by atoms with E-state index in [9.17, 15) is 0 Å². The van der Waals surface area contributed by atoms with Gasteiger partial charge in [0.1, 0.15) is 0 Å². The van der Waals surface area contributed by atoms with Gasteiger partial charge in [-0.2, -0.15) is 0 Å². The third-order valence-electron chi connectivity index (χ3n) is 3.18. The number of benzene rings is 1. The molecule has 0 saturated heterocycles. The van der Waals surface area contributed by atoms with E-state index in [0.717, 1.165) is 11.8 Å². The predicted molar refractivity (Wildman–Crippen MR) is 62.1 cm³/mol. The first-order chi connectivity index (χ1) is 6.72. The standard InChI is InChI=1S/C13H17Cl/c1-9-3-6-12(10(2)7-9)13(8-14)11-4-5-11/h3,6-7,11,13H,4-5,8H2,1-2H3. The molecule has 0 bridgehead atoms. The highest BCUT2D eigenvalue weighted by molar-refractivity contribution is 6.18. The predicted octanol–water partition coefficient (Wildman–Crippen LogP) is 4.04. The number of hydrogen-bond acceptors (Lipinski definition) is 0. The van der Waals surface area contributed by atoms with E-state index in [1.165, 1.54) is 29.5 Å². The van der Waals surface area contributed by atoms with Crippen molar-refractivity contribution in [1.29, 1.82) is 0 Å². The van der Waals surface area contributed by atoms with Gasteiger partial charge in [-0.15, -0.1) is 11.6 Å². The number of hydrogen-bond donors (Lipinski definition) is 0. The molecule has 0 aliphatic heterocycles. The zero-order chi connectivity index (χ0) is 10.1. The van der Waals surface area contributed by atoms with Crippen LogP contribution in [0.3, 0.4) is 0 Å². The molecule has 76 valence electrons. The Morgan fingerprint density at radius 3 is 2.57 bits per heavy atom. The van der Waals surface area contributed by atoms with Crippen molar-refractivity contribution >= 4 is 11.6 Å². The van der Waals surface area contributed by atoms with Gasteiger partial charge in [-0.05, 0) is 43.7 Å². The normalized spacial score (nSPS) is 18.2. The molecule has 1 atom stereocenters. The van der Waals surface area contributed by atoms with Gasteiger partial charge in [-0.1, -0.05) is 23.8 Å². The first-order valence-electron chi connectivity index (χ1n) is 5.35. The van der Waals surface area contributed by atoms with E-state index in [2.05, 4.69) is 32.0 Å². The van der Waals surface area contributed by atoms with Gasteiger partial charge in [-0.3, -0.25) is 0 Å². The summed E-state index contributed by atoms with van der Waals surface area (Å²) in [5.74, 6) is 2.22. The molecule has 1 saturated carbocycles. The molecule has 0 N–H and O–H groups in total. The third-order valence-corrected chi connectivity index (χ3v) is 3.51. The van der Waals surface area contributed by atoms with Gasteiger partial charge in [0.25, 0.3) is 0 Å². The molecule has 0 heterocycles. The van der Waals surface area contributed by atoms with Gasteiger partial charge in [0.2, 0.25) is 0 Å². The van der Waals surface area contributed by atoms with Crippen LogP contribution in [0.1, 0.15) is 35.4 Å². The summed E-state index contributed by atoms with van der Waals surface area (Å²) < 4.78 is 0. The van der Waals surface area contributed by atoms with Crippen molar-refractivity contribution in [2.24, 2.45) is 5.92 Å². The molecule has 1 heteroatoms. The zero-order valence-electron chi connectivity index (χ0n) is 8.89. The van der Waals surface area contributed by atoms with E-state index < -0.39 is 0 Å². The van der Waals surface area contributed by atoms with Gasteiger partial charge in [0.05, 0.1) is 0 Å². The lowest BCUT2D eigenvalue weighted by atomic mass is 9.91. The second kappa shape index (κ2) is 3.94. The lowest BCUT2D eigenvalue weighted by Gasteiger charge is -2.16. The minimum Gasteiger partial charge on any atom is -0.126 e. The monoisotopic (exact) mass is 208 g/mol. The molecule has 0 amide bonds. The number of aryl methyl sites for hydroxylation is 2. The van der Waals surface area contributed by atoms with Gasteiger partial charge in [0, 0.05) is 11.8 Å². The Balaban J connectivity index is 2.29. The van der Waals surface area contributed by atoms with Crippen LogP contribution in [0.5, 0.6) is 0 Å². The number of rotatable bonds is 3. The van der Waals surface area contributed by atoms with Crippen LogP contribution in [0.15, 0.2) is 18.2 Å². The summed E-state index contributed by atoms with van der Waals surface area (Å²) in [7, 11) is 0. The molecule has 1 aromatic carbocycles. The van der Waals surface area contributed by atoms with Gasteiger partial charge in [-0.25, -0.2) is 0 Å². The molecule has 14 heavy (non-hydrogen) atoms. The molecular formula is C13H17Cl.